The molecule has 1 aromatic carbocycles. The molecule has 5 rings (SSSR count). The predicted octanol–water partition coefficient (Wildman–Crippen LogP) is 4.68. The molecule has 1 amide bonds. The lowest BCUT2D eigenvalue weighted by Gasteiger charge is -2.10. The largest absolute Gasteiger partial charge is 0.355 e. The number of nitrogens with one attached hydrogen (secondary N) is 2. The van der Waals surface area contributed by atoms with Gasteiger partial charge in [0.1, 0.15) is 23.8 Å². The lowest BCUT2D eigenvalue weighted by Crippen LogP contribution is -2.12. The Labute approximate surface area is 186 Å². The molecule has 0 aliphatic carbocycles. The minimum absolute atomic E-state index is 0.221. The zero-order chi connectivity index (χ0) is 21.9. The highest BCUT2D eigenvalue weighted by molar-refractivity contribution is 7.13. The number of aryl methyl sites for hydroxylation is 1. The highest BCUT2D eigenvalue weighted by Crippen LogP contribution is 2.25. The molecule has 0 aliphatic rings. The first-order valence-corrected chi connectivity index (χ1v) is 10.5. The van der Waals surface area contributed by atoms with Crippen molar-refractivity contribution in [3.8, 4) is 16.5 Å². The van der Waals surface area contributed by atoms with Gasteiger partial charge in [-0.25, -0.2) is 15.0 Å². The van der Waals surface area contributed by atoms with Gasteiger partial charge in [-0.1, -0.05) is 11.2 Å². The van der Waals surface area contributed by atoms with E-state index in [1.165, 1.54) is 11.3 Å². The minimum Gasteiger partial charge on any atom is -0.355 e. The second-order valence-corrected chi connectivity index (χ2v) is 7.79. The van der Waals surface area contributed by atoms with Crippen molar-refractivity contribution in [2.75, 3.05) is 10.6 Å². The molecule has 0 fully saturated rings. The molecule has 0 saturated heterocycles. The first kappa shape index (κ1) is 19.6. The number of imidazole rings is 1. The van der Waals surface area contributed by atoms with Crippen molar-refractivity contribution >= 4 is 34.4 Å². The van der Waals surface area contributed by atoms with Crippen LogP contribution in [0, 0.1) is 6.92 Å². The molecule has 2 N–H and O–H groups in total. The van der Waals surface area contributed by atoms with Gasteiger partial charge in [0, 0.05) is 35.9 Å². The van der Waals surface area contributed by atoms with Gasteiger partial charge in [-0.3, -0.25) is 9.36 Å². The van der Waals surface area contributed by atoms with E-state index in [0.717, 1.165) is 16.4 Å². The third-order valence-electron chi connectivity index (χ3n) is 4.52. The molecule has 4 aromatic heterocycles. The maximum Gasteiger partial charge on any atom is 0.277 e. The van der Waals surface area contributed by atoms with Crippen LogP contribution in [-0.2, 0) is 0 Å². The zero-order valence-corrected chi connectivity index (χ0v) is 17.7. The maximum atomic E-state index is 12.5. The van der Waals surface area contributed by atoms with E-state index in [1.54, 1.807) is 30.7 Å². The van der Waals surface area contributed by atoms with Crippen molar-refractivity contribution in [3.63, 3.8) is 0 Å². The van der Waals surface area contributed by atoms with Crippen LogP contribution in [0.4, 0.5) is 17.2 Å². The molecule has 32 heavy (non-hydrogen) atoms. The van der Waals surface area contributed by atoms with E-state index in [1.807, 2.05) is 53.4 Å². The monoisotopic (exact) mass is 443 g/mol. The molecular formula is C22H17N7O2S. The average molecular weight is 443 g/mol. The average Bonchev–Trinajstić information content (AvgIpc) is 3.57. The van der Waals surface area contributed by atoms with Crippen LogP contribution in [0.15, 0.2) is 77.2 Å². The Morgan fingerprint density at radius 2 is 1.94 bits per heavy atom. The second kappa shape index (κ2) is 8.44. The van der Waals surface area contributed by atoms with Crippen molar-refractivity contribution < 1.29 is 9.32 Å². The number of carbonyl (C=O) groups excluding carboxylic acids is 1. The van der Waals surface area contributed by atoms with Gasteiger partial charge in [0.15, 0.2) is 11.5 Å². The number of rotatable bonds is 6. The highest BCUT2D eigenvalue weighted by Gasteiger charge is 2.14. The Hall–Kier alpha value is -4.31. The van der Waals surface area contributed by atoms with Crippen LogP contribution in [0.3, 0.4) is 0 Å². The van der Waals surface area contributed by atoms with Crippen molar-refractivity contribution in [3.05, 3.63) is 84.2 Å². The smallest absolute Gasteiger partial charge is 0.277 e. The number of anilines is 3. The molecule has 0 bridgehead atoms. The molecule has 4 heterocycles. The first-order valence-electron chi connectivity index (χ1n) is 9.67. The number of benzene rings is 1. The molecule has 158 valence electrons. The van der Waals surface area contributed by atoms with E-state index < -0.39 is 0 Å². The summed E-state index contributed by atoms with van der Waals surface area (Å²) in [6.45, 7) is 1.83. The third-order valence-corrected chi connectivity index (χ3v) is 5.40. The van der Waals surface area contributed by atoms with Gasteiger partial charge in [-0.15, -0.1) is 11.3 Å². The summed E-state index contributed by atoms with van der Waals surface area (Å²) in [6, 6.07) is 14.6. The van der Waals surface area contributed by atoms with Gasteiger partial charge >= 0.3 is 0 Å². The fourth-order valence-corrected chi connectivity index (χ4v) is 3.71. The van der Waals surface area contributed by atoms with Crippen LogP contribution >= 0.6 is 11.3 Å². The Kier molecular flexibility index (Phi) is 5.18. The Morgan fingerprint density at radius 3 is 2.69 bits per heavy atom. The van der Waals surface area contributed by atoms with Crippen LogP contribution in [0.25, 0.3) is 16.5 Å². The van der Waals surface area contributed by atoms with Crippen LogP contribution in [-0.4, -0.2) is 30.6 Å². The lowest BCUT2D eigenvalue weighted by molar-refractivity contribution is 0.101. The molecule has 0 spiro atoms. The van der Waals surface area contributed by atoms with Crippen LogP contribution in [0.2, 0.25) is 0 Å². The van der Waals surface area contributed by atoms with Crippen molar-refractivity contribution in [2.24, 2.45) is 0 Å². The van der Waals surface area contributed by atoms with Gasteiger partial charge in [-0.2, -0.15) is 0 Å². The number of hydrogen-bond donors (Lipinski definition) is 2. The molecule has 10 heteroatoms. The molecule has 0 atom stereocenters. The summed E-state index contributed by atoms with van der Waals surface area (Å²) < 4.78 is 7.08. The Morgan fingerprint density at radius 1 is 1.09 bits per heavy atom. The number of amides is 1. The third kappa shape index (κ3) is 4.25. The summed E-state index contributed by atoms with van der Waals surface area (Å²) in [4.78, 5) is 26.3. The van der Waals surface area contributed by atoms with Crippen LogP contribution in [0.1, 0.15) is 16.3 Å². The first-order chi connectivity index (χ1) is 15.6. The SMILES string of the molecule is Cc1nc(Nc2ccc(NC(=O)c3cc(-c4cccs4)on3)cc2)cc(-n2ccnc2)n1. The summed E-state index contributed by atoms with van der Waals surface area (Å²) in [5, 5.41) is 11.9. The fraction of sp³-hybridized carbons (Fsp3) is 0.0455. The summed E-state index contributed by atoms with van der Waals surface area (Å²) in [5.41, 5.74) is 1.68. The van der Waals surface area contributed by atoms with E-state index in [9.17, 15) is 4.79 Å². The van der Waals surface area contributed by atoms with E-state index in [0.29, 0.717) is 23.1 Å². The zero-order valence-electron chi connectivity index (χ0n) is 16.9. The minimum atomic E-state index is -0.339. The second-order valence-electron chi connectivity index (χ2n) is 6.84. The van der Waals surface area contributed by atoms with Crippen LogP contribution in [0.5, 0.6) is 0 Å². The number of carbonyl (C=O) groups is 1. The molecule has 9 nitrogen and oxygen atoms in total. The Bertz CT molecular complexity index is 1340. The quantitative estimate of drug-likeness (QED) is 0.392. The highest BCUT2D eigenvalue weighted by atomic mass is 32.1. The summed E-state index contributed by atoms with van der Waals surface area (Å²) in [7, 11) is 0. The normalized spacial score (nSPS) is 10.8. The number of nitrogens with zero attached hydrogens (tertiary/aromatic N) is 5. The van der Waals surface area contributed by atoms with Gasteiger partial charge in [0.05, 0.1) is 4.88 Å². The topological polar surface area (TPSA) is 111 Å². The number of hydrogen-bond acceptors (Lipinski definition) is 8. The van der Waals surface area contributed by atoms with Crippen molar-refractivity contribution in [1.82, 2.24) is 24.7 Å². The summed E-state index contributed by atoms with van der Waals surface area (Å²) in [6.07, 6.45) is 5.20. The standard InChI is InChI=1S/C22H17N7O2S/c1-14-24-20(12-21(25-14)29-9-8-23-13-29)26-15-4-6-16(7-5-15)27-22(30)17-11-18(31-28-17)19-3-2-10-32-19/h2-13H,1H3,(H,27,30)(H,24,25,26). The van der Waals surface area contributed by atoms with Crippen LogP contribution < -0.4 is 10.6 Å². The van der Waals surface area contributed by atoms with E-state index in [2.05, 4.69) is 30.7 Å². The molecular weight excluding hydrogens is 426 g/mol. The lowest BCUT2D eigenvalue weighted by atomic mass is 10.2. The molecule has 0 unspecified atom stereocenters. The fourth-order valence-electron chi connectivity index (χ4n) is 3.04. The Balaban J connectivity index is 1.26. The number of thiophene rings is 1. The van der Waals surface area contributed by atoms with Crippen molar-refractivity contribution in [2.45, 2.75) is 6.92 Å². The molecule has 0 saturated carbocycles. The number of aromatic nitrogens is 5. The molecule has 5 aromatic rings. The molecule has 0 aliphatic heterocycles. The van der Waals surface area contributed by atoms with E-state index >= 15 is 0 Å². The van der Waals surface area contributed by atoms with E-state index in [-0.39, 0.29) is 11.6 Å². The van der Waals surface area contributed by atoms with Crippen molar-refractivity contribution in [1.29, 1.82) is 0 Å². The van der Waals surface area contributed by atoms with Gasteiger partial charge in [-0.05, 0) is 42.6 Å². The summed E-state index contributed by atoms with van der Waals surface area (Å²) >= 11 is 1.52. The van der Waals surface area contributed by atoms with Gasteiger partial charge in [0.2, 0.25) is 0 Å². The van der Waals surface area contributed by atoms with E-state index in [4.69, 9.17) is 4.52 Å². The van der Waals surface area contributed by atoms with Gasteiger partial charge in [0.25, 0.3) is 5.91 Å². The van der Waals surface area contributed by atoms with Gasteiger partial charge < -0.3 is 15.2 Å². The maximum absolute atomic E-state index is 12.5. The molecule has 0 radical (unpaired) electrons. The summed E-state index contributed by atoms with van der Waals surface area (Å²) in [5.74, 6) is 2.24. The predicted molar refractivity (Wildman–Crippen MR) is 121 cm³/mol.